The quantitative estimate of drug-likeness (QED) is 0.779. The predicted octanol–water partition coefficient (Wildman–Crippen LogP) is 1.18. The number of fused-ring (bicyclic) bond motifs is 1. The number of primary amides is 1. The van der Waals surface area contributed by atoms with Crippen molar-refractivity contribution in [2.24, 2.45) is 5.73 Å². The molecule has 0 spiro atoms. The third kappa shape index (κ3) is 2.42. The number of amides is 1. The van der Waals surface area contributed by atoms with Crippen molar-refractivity contribution in [1.29, 1.82) is 0 Å². The Labute approximate surface area is 96.0 Å². The third-order valence-corrected chi connectivity index (χ3v) is 3.18. The first-order valence-corrected chi connectivity index (χ1v) is 5.76. The van der Waals surface area contributed by atoms with Crippen molar-refractivity contribution >= 4 is 5.91 Å². The van der Waals surface area contributed by atoms with Crippen molar-refractivity contribution in [3.05, 3.63) is 35.4 Å². The lowest BCUT2D eigenvalue weighted by atomic mass is 9.77. The van der Waals surface area contributed by atoms with Crippen molar-refractivity contribution in [1.82, 2.24) is 5.32 Å². The van der Waals surface area contributed by atoms with Crippen LogP contribution in [0.25, 0.3) is 0 Å². The standard InChI is InChI=1S/C13H18N2O/c1-9(6-13(14)16)15-8-11-7-10-4-2-3-5-12(10)11/h2-5,9,11,15H,6-8H2,1H3,(H2,14,16). The molecule has 1 aromatic rings. The van der Waals surface area contributed by atoms with E-state index < -0.39 is 0 Å². The largest absolute Gasteiger partial charge is 0.370 e. The number of nitrogens with two attached hydrogens (primary N) is 1. The van der Waals surface area contributed by atoms with Gasteiger partial charge in [0.05, 0.1) is 0 Å². The smallest absolute Gasteiger partial charge is 0.218 e. The van der Waals surface area contributed by atoms with Crippen LogP contribution in [0.1, 0.15) is 30.4 Å². The molecule has 0 heterocycles. The van der Waals surface area contributed by atoms with Gasteiger partial charge in [-0.1, -0.05) is 24.3 Å². The molecule has 1 amide bonds. The SMILES string of the molecule is CC(CC(N)=O)NCC1Cc2ccccc21. The van der Waals surface area contributed by atoms with E-state index in [0.717, 1.165) is 13.0 Å². The highest BCUT2D eigenvalue weighted by Crippen LogP contribution is 2.34. The van der Waals surface area contributed by atoms with E-state index in [1.165, 1.54) is 11.1 Å². The third-order valence-electron chi connectivity index (χ3n) is 3.18. The lowest BCUT2D eigenvalue weighted by Crippen LogP contribution is -2.36. The van der Waals surface area contributed by atoms with Gasteiger partial charge in [-0.05, 0) is 24.5 Å². The summed E-state index contributed by atoms with van der Waals surface area (Å²) in [5, 5.41) is 3.36. The molecule has 1 aromatic carbocycles. The first-order chi connectivity index (χ1) is 7.66. The van der Waals surface area contributed by atoms with Crippen LogP contribution in [0.15, 0.2) is 24.3 Å². The summed E-state index contributed by atoms with van der Waals surface area (Å²) >= 11 is 0. The Kier molecular flexibility index (Phi) is 3.25. The fourth-order valence-electron chi connectivity index (χ4n) is 2.26. The van der Waals surface area contributed by atoms with Crippen molar-refractivity contribution in [3.8, 4) is 0 Å². The fraction of sp³-hybridized carbons (Fsp3) is 0.462. The van der Waals surface area contributed by atoms with E-state index in [-0.39, 0.29) is 11.9 Å². The number of nitrogens with one attached hydrogen (secondary N) is 1. The Morgan fingerprint density at radius 1 is 1.56 bits per heavy atom. The molecule has 0 aromatic heterocycles. The summed E-state index contributed by atoms with van der Waals surface area (Å²) in [5.41, 5.74) is 8.04. The molecule has 2 atom stereocenters. The highest BCUT2D eigenvalue weighted by molar-refractivity contribution is 5.74. The van der Waals surface area contributed by atoms with Gasteiger partial charge in [0, 0.05) is 24.9 Å². The van der Waals surface area contributed by atoms with E-state index in [4.69, 9.17) is 5.73 Å². The molecular weight excluding hydrogens is 200 g/mol. The van der Waals surface area contributed by atoms with Crippen molar-refractivity contribution < 1.29 is 4.79 Å². The molecule has 0 saturated carbocycles. The zero-order valence-electron chi connectivity index (χ0n) is 9.57. The Balaban J connectivity index is 1.79. The zero-order valence-corrected chi connectivity index (χ0v) is 9.57. The van der Waals surface area contributed by atoms with Crippen LogP contribution in [-0.4, -0.2) is 18.5 Å². The molecule has 0 bridgehead atoms. The Morgan fingerprint density at radius 2 is 2.31 bits per heavy atom. The number of carbonyl (C=O) groups is 1. The van der Waals surface area contributed by atoms with Crippen LogP contribution in [0.2, 0.25) is 0 Å². The average Bonchev–Trinajstić information content (AvgIpc) is 2.18. The second-order valence-electron chi connectivity index (χ2n) is 4.58. The second-order valence-corrected chi connectivity index (χ2v) is 4.58. The molecule has 0 saturated heterocycles. The summed E-state index contributed by atoms with van der Waals surface area (Å²) in [6.07, 6.45) is 1.56. The molecule has 3 heteroatoms. The lowest BCUT2D eigenvalue weighted by Gasteiger charge is -2.31. The predicted molar refractivity (Wildman–Crippen MR) is 64.2 cm³/mol. The van der Waals surface area contributed by atoms with Crippen molar-refractivity contribution in [3.63, 3.8) is 0 Å². The summed E-state index contributed by atoms with van der Waals surface area (Å²) < 4.78 is 0. The molecule has 1 aliphatic rings. The Bertz CT molecular complexity index is 389. The molecule has 2 unspecified atom stereocenters. The lowest BCUT2D eigenvalue weighted by molar-refractivity contribution is -0.118. The van der Waals surface area contributed by atoms with E-state index in [1.807, 2.05) is 6.92 Å². The summed E-state index contributed by atoms with van der Waals surface area (Å²) in [6.45, 7) is 2.93. The summed E-state index contributed by atoms with van der Waals surface area (Å²) in [7, 11) is 0. The van der Waals surface area contributed by atoms with Crippen LogP contribution in [0.5, 0.6) is 0 Å². The number of hydrogen-bond donors (Lipinski definition) is 2. The molecule has 0 aliphatic heterocycles. The minimum atomic E-state index is -0.242. The number of carbonyl (C=O) groups excluding carboxylic acids is 1. The van der Waals surface area contributed by atoms with E-state index in [9.17, 15) is 4.79 Å². The second kappa shape index (κ2) is 4.66. The van der Waals surface area contributed by atoms with E-state index in [1.54, 1.807) is 0 Å². The molecule has 0 fully saturated rings. The molecule has 16 heavy (non-hydrogen) atoms. The van der Waals surface area contributed by atoms with E-state index >= 15 is 0 Å². The Hall–Kier alpha value is -1.35. The van der Waals surface area contributed by atoms with Gasteiger partial charge in [0.25, 0.3) is 0 Å². The normalized spacial score (nSPS) is 19.7. The monoisotopic (exact) mass is 218 g/mol. The van der Waals surface area contributed by atoms with Crippen molar-refractivity contribution in [2.75, 3.05) is 6.54 Å². The molecular formula is C13H18N2O. The van der Waals surface area contributed by atoms with Gasteiger partial charge in [0.15, 0.2) is 0 Å². The fourth-order valence-corrected chi connectivity index (χ4v) is 2.26. The first kappa shape index (κ1) is 11.1. The maximum Gasteiger partial charge on any atom is 0.218 e. The summed E-state index contributed by atoms with van der Waals surface area (Å²) in [4.78, 5) is 10.7. The van der Waals surface area contributed by atoms with Gasteiger partial charge >= 0.3 is 0 Å². The van der Waals surface area contributed by atoms with Crippen molar-refractivity contribution in [2.45, 2.75) is 31.7 Å². The van der Waals surface area contributed by atoms with Gasteiger partial charge in [-0.25, -0.2) is 0 Å². The van der Waals surface area contributed by atoms with E-state index in [0.29, 0.717) is 12.3 Å². The molecule has 1 aliphatic carbocycles. The zero-order chi connectivity index (χ0) is 11.5. The topological polar surface area (TPSA) is 55.1 Å². The average molecular weight is 218 g/mol. The number of rotatable bonds is 5. The highest BCUT2D eigenvalue weighted by Gasteiger charge is 2.25. The number of hydrogen-bond acceptors (Lipinski definition) is 2. The summed E-state index contributed by atoms with van der Waals surface area (Å²) in [5.74, 6) is 0.362. The van der Waals surface area contributed by atoms with Crippen LogP contribution >= 0.6 is 0 Å². The van der Waals surface area contributed by atoms with Gasteiger partial charge in [0.2, 0.25) is 5.91 Å². The highest BCUT2D eigenvalue weighted by atomic mass is 16.1. The molecule has 86 valence electrons. The van der Waals surface area contributed by atoms with Gasteiger partial charge < -0.3 is 11.1 Å². The van der Waals surface area contributed by atoms with Crippen LogP contribution in [-0.2, 0) is 11.2 Å². The van der Waals surface area contributed by atoms with Crippen LogP contribution in [0.3, 0.4) is 0 Å². The molecule has 3 N–H and O–H groups in total. The van der Waals surface area contributed by atoms with E-state index in [2.05, 4.69) is 29.6 Å². The molecule has 3 nitrogen and oxygen atoms in total. The summed E-state index contributed by atoms with van der Waals surface area (Å²) in [6, 6.07) is 8.70. The van der Waals surface area contributed by atoms with Gasteiger partial charge in [-0.3, -0.25) is 4.79 Å². The molecule has 2 rings (SSSR count). The first-order valence-electron chi connectivity index (χ1n) is 5.76. The van der Waals surface area contributed by atoms with Gasteiger partial charge in [-0.15, -0.1) is 0 Å². The van der Waals surface area contributed by atoms with Gasteiger partial charge in [-0.2, -0.15) is 0 Å². The molecule has 0 radical (unpaired) electrons. The number of benzene rings is 1. The minimum absolute atomic E-state index is 0.172. The van der Waals surface area contributed by atoms with Crippen LogP contribution in [0.4, 0.5) is 0 Å². The van der Waals surface area contributed by atoms with Crippen LogP contribution < -0.4 is 11.1 Å². The van der Waals surface area contributed by atoms with Crippen LogP contribution in [0, 0.1) is 0 Å². The minimum Gasteiger partial charge on any atom is -0.370 e. The maximum atomic E-state index is 10.7. The maximum absolute atomic E-state index is 10.7. The van der Waals surface area contributed by atoms with Gasteiger partial charge in [0.1, 0.15) is 0 Å². The Morgan fingerprint density at radius 3 is 3.00 bits per heavy atom.